The molecule has 1 heterocycles. The van der Waals surface area contributed by atoms with Crippen LogP contribution in [0.25, 0.3) is 11.0 Å². The van der Waals surface area contributed by atoms with Crippen molar-refractivity contribution in [1.29, 1.82) is 0 Å². The first-order chi connectivity index (χ1) is 9.24. The molecule has 1 aromatic heterocycles. The molecule has 0 fully saturated rings. The fourth-order valence-electron chi connectivity index (χ4n) is 2.33. The number of fused-ring (bicyclic) bond motifs is 1. The van der Waals surface area contributed by atoms with E-state index in [0.717, 1.165) is 17.9 Å². The van der Waals surface area contributed by atoms with Crippen LogP contribution in [0.2, 0.25) is 0 Å². The van der Waals surface area contributed by atoms with Crippen molar-refractivity contribution in [2.45, 2.75) is 38.1 Å². The van der Waals surface area contributed by atoms with E-state index in [9.17, 15) is 0 Å². The highest BCUT2D eigenvalue weighted by atomic mass is 35.5. The topological polar surface area (TPSA) is 17.8 Å². The van der Waals surface area contributed by atoms with E-state index in [-0.39, 0.29) is 5.38 Å². The summed E-state index contributed by atoms with van der Waals surface area (Å²) in [5.41, 5.74) is 2.25. The first-order valence-electron chi connectivity index (χ1n) is 6.82. The van der Waals surface area contributed by atoms with Gasteiger partial charge in [0.2, 0.25) is 0 Å². The summed E-state index contributed by atoms with van der Waals surface area (Å²) in [5, 5.41) is -0.0430. The molecule has 0 amide bonds. The Kier molecular flexibility index (Phi) is 5.59. The largest absolute Gasteiger partial charge is 0.327 e. The van der Waals surface area contributed by atoms with E-state index in [4.69, 9.17) is 11.6 Å². The van der Waals surface area contributed by atoms with E-state index in [0.29, 0.717) is 0 Å². The average Bonchev–Trinajstić information content (AvgIpc) is 2.78. The molecular formula is C15H21ClN2S. The molecule has 19 heavy (non-hydrogen) atoms. The molecule has 104 valence electrons. The Morgan fingerprint density at radius 2 is 2.05 bits per heavy atom. The molecule has 1 unspecified atom stereocenters. The fraction of sp³-hybridized carbons (Fsp3) is 0.533. The molecule has 2 nitrogen and oxygen atoms in total. The minimum absolute atomic E-state index is 0.0430. The molecule has 0 saturated carbocycles. The van der Waals surface area contributed by atoms with Crippen LogP contribution in [0.4, 0.5) is 0 Å². The van der Waals surface area contributed by atoms with Gasteiger partial charge in [-0.1, -0.05) is 18.6 Å². The van der Waals surface area contributed by atoms with E-state index >= 15 is 0 Å². The number of unbranched alkanes of at least 4 members (excludes halogenated alkanes) is 2. The van der Waals surface area contributed by atoms with E-state index in [2.05, 4.69) is 34.0 Å². The van der Waals surface area contributed by atoms with E-state index in [1.165, 1.54) is 30.5 Å². The number of alkyl halides is 1. The molecule has 2 rings (SSSR count). The normalized spacial score (nSPS) is 13.0. The smallest absolute Gasteiger partial charge is 0.127 e. The number of imidazole rings is 1. The van der Waals surface area contributed by atoms with Crippen LogP contribution in [-0.4, -0.2) is 21.6 Å². The van der Waals surface area contributed by atoms with Crippen molar-refractivity contribution in [2.24, 2.45) is 0 Å². The summed E-state index contributed by atoms with van der Waals surface area (Å²) in [5.74, 6) is 2.25. The number of nitrogens with zero attached hydrogens (tertiary/aromatic N) is 2. The van der Waals surface area contributed by atoms with Crippen LogP contribution >= 0.6 is 23.4 Å². The van der Waals surface area contributed by atoms with Crippen LogP contribution in [0, 0.1) is 0 Å². The van der Waals surface area contributed by atoms with Gasteiger partial charge in [0.05, 0.1) is 16.4 Å². The Hall–Kier alpha value is -0.670. The van der Waals surface area contributed by atoms with Gasteiger partial charge in [-0.15, -0.1) is 11.6 Å². The molecule has 1 atom stereocenters. The maximum atomic E-state index is 6.26. The van der Waals surface area contributed by atoms with Gasteiger partial charge in [-0.3, -0.25) is 0 Å². The molecule has 0 radical (unpaired) electrons. The lowest BCUT2D eigenvalue weighted by atomic mass is 10.2. The lowest BCUT2D eigenvalue weighted by Crippen LogP contribution is -2.04. The number of aryl methyl sites for hydroxylation is 1. The van der Waals surface area contributed by atoms with Crippen molar-refractivity contribution in [3.8, 4) is 0 Å². The summed E-state index contributed by atoms with van der Waals surface area (Å²) in [6.07, 6.45) is 5.91. The zero-order chi connectivity index (χ0) is 13.7. The van der Waals surface area contributed by atoms with Gasteiger partial charge in [0, 0.05) is 6.54 Å². The molecular weight excluding hydrogens is 276 g/mol. The summed E-state index contributed by atoms with van der Waals surface area (Å²) in [6.45, 7) is 3.01. The van der Waals surface area contributed by atoms with E-state index in [1.54, 1.807) is 0 Å². The lowest BCUT2D eigenvalue weighted by Gasteiger charge is -2.10. The van der Waals surface area contributed by atoms with E-state index < -0.39 is 0 Å². The summed E-state index contributed by atoms with van der Waals surface area (Å²) >= 11 is 8.18. The third-order valence-corrected chi connectivity index (χ3v) is 4.16. The second-order valence-corrected chi connectivity index (χ2v) is 6.42. The van der Waals surface area contributed by atoms with Gasteiger partial charge in [-0.2, -0.15) is 11.8 Å². The summed E-state index contributed by atoms with van der Waals surface area (Å²) < 4.78 is 2.28. The number of hydrogen-bond donors (Lipinski definition) is 0. The van der Waals surface area contributed by atoms with Crippen molar-refractivity contribution in [2.75, 3.05) is 12.0 Å². The second kappa shape index (κ2) is 7.20. The van der Waals surface area contributed by atoms with Gasteiger partial charge >= 0.3 is 0 Å². The highest BCUT2D eigenvalue weighted by Crippen LogP contribution is 2.25. The lowest BCUT2D eigenvalue weighted by molar-refractivity contribution is 0.593. The van der Waals surface area contributed by atoms with Crippen LogP contribution in [0.5, 0.6) is 0 Å². The van der Waals surface area contributed by atoms with Crippen LogP contribution in [0.15, 0.2) is 24.3 Å². The zero-order valence-electron chi connectivity index (χ0n) is 11.6. The molecule has 0 aliphatic heterocycles. The number of benzene rings is 1. The Labute approximate surface area is 124 Å². The van der Waals surface area contributed by atoms with Gasteiger partial charge in [0.1, 0.15) is 5.82 Å². The van der Waals surface area contributed by atoms with Gasteiger partial charge < -0.3 is 4.57 Å². The Morgan fingerprint density at radius 1 is 1.26 bits per heavy atom. The molecule has 0 aliphatic carbocycles. The number of hydrogen-bond acceptors (Lipinski definition) is 2. The maximum absolute atomic E-state index is 6.26. The van der Waals surface area contributed by atoms with Crippen LogP contribution < -0.4 is 0 Å². The zero-order valence-corrected chi connectivity index (χ0v) is 13.2. The number of rotatable bonds is 7. The molecule has 2 aromatic rings. The van der Waals surface area contributed by atoms with Gasteiger partial charge in [-0.25, -0.2) is 4.98 Å². The quantitative estimate of drug-likeness (QED) is 0.536. The number of para-hydroxylation sites is 2. The Morgan fingerprint density at radius 3 is 2.79 bits per heavy atom. The summed E-state index contributed by atoms with van der Waals surface area (Å²) in [7, 11) is 0. The standard InChI is InChI=1S/C15H21ClN2S/c1-12(16)15-17-13-8-4-5-9-14(13)18(15)10-6-3-7-11-19-2/h4-5,8-9,12H,3,6-7,10-11H2,1-2H3. The molecule has 0 N–H and O–H groups in total. The maximum Gasteiger partial charge on any atom is 0.127 e. The van der Waals surface area contributed by atoms with Gasteiger partial charge in [-0.05, 0) is 43.9 Å². The molecule has 0 saturated heterocycles. The predicted molar refractivity (Wildman–Crippen MR) is 86.2 cm³/mol. The predicted octanol–water partition coefficient (Wildman–Crippen LogP) is 4.87. The van der Waals surface area contributed by atoms with Crippen LogP contribution in [0.3, 0.4) is 0 Å². The minimum Gasteiger partial charge on any atom is -0.327 e. The minimum atomic E-state index is -0.0430. The highest BCUT2D eigenvalue weighted by Gasteiger charge is 2.13. The molecule has 0 spiro atoms. The van der Waals surface area contributed by atoms with Gasteiger partial charge in [0.15, 0.2) is 0 Å². The van der Waals surface area contributed by atoms with Crippen LogP contribution in [0.1, 0.15) is 37.4 Å². The van der Waals surface area contributed by atoms with Crippen molar-refractivity contribution in [1.82, 2.24) is 9.55 Å². The summed E-state index contributed by atoms with van der Waals surface area (Å²) in [4.78, 5) is 4.65. The average molecular weight is 297 g/mol. The first kappa shape index (κ1) is 14.7. The third kappa shape index (κ3) is 3.67. The number of halogens is 1. The number of aromatic nitrogens is 2. The Bertz CT molecular complexity index is 522. The molecule has 4 heteroatoms. The SMILES string of the molecule is CSCCCCCn1c(C(C)Cl)nc2ccccc21. The molecule has 0 bridgehead atoms. The van der Waals surface area contributed by atoms with Crippen molar-refractivity contribution < 1.29 is 0 Å². The third-order valence-electron chi connectivity index (χ3n) is 3.27. The van der Waals surface area contributed by atoms with Crippen LogP contribution in [-0.2, 0) is 6.54 Å². The summed E-state index contributed by atoms with van der Waals surface area (Å²) in [6, 6.07) is 8.28. The second-order valence-electron chi connectivity index (χ2n) is 4.78. The van der Waals surface area contributed by atoms with Crippen molar-refractivity contribution >= 4 is 34.4 Å². The van der Waals surface area contributed by atoms with Gasteiger partial charge in [0.25, 0.3) is 0 Å². The van der Waals surface area contributed by atoms with E-state index in [1.807, 2.05) is 24.8 Å². The number of thioether (sulfide) groups is 1. The Balaban J connectivity index is 2.13. The molecule has 0 aliphatic rings. The first-order valence-corrected chi connectivity index (χ1v) is 8.65. The fourth-order valence-corrected chi connectivity index (χ4v) is 2.99. The van der Waals surface area contributed by atoms with Crippen molar-refractivity contribution in [3.05, 3.63) is 30.1 Å². The molecule has 1 aromatic carbocycles. The van der Waals surface area contributed by atoms with Crippen molar-refractivity contribution in [3.63, 3.8) is 0 Å². The monoisotopic (exact) mass is 296 g/mol. The highest BCUT2D eigenvalue weighted by molar-refractivity contribution is 7.98.